The lowest BCUT2D eigenvalue weighted by atomic mass is 10.0. The molecular weight excluding hydrogens is 366 g/mol. The minimum atomic E-state index is 0.108. The Labute approximate surface area is 169 Å². The fourth-order valence-electron chi connectivity index (χ4n) is 4.79. The van der Waals surface area contributed by atoms with Crippen molar-refractivity contribution < 1.29 is 4.79 Å². The quantitative estimate of drug-likeness (QED) is 0.677. The topological polar surface area (TPSA) is 36.4 Å². The molecule has 4 nitrogen and oxygen atoms in total. The molecule has 144 valence electrons. The van der Waals surface area contributed by atoms with Crippen molar-refractivity contribution in [2.24, 2.45) is 0 Å². The van der Waals surface area contributed by atoms with Crippen LogP contribution < -0.4 is 0 Å². The Balaban J connectivity index is 1.28. The molecule has 1 aliphatic heterocycles. The van der Waals surface area contributed by atoms with Crippen molar-refractivity contribution in [1.82, 2.24) is 14.8 Å². The van der Waals surface area contributed by atoms with Gasteiger partial charge in [-0.2, -0.15) is 0 Å². The monoisotopic (exact) mass is 391 g/mol. The minimum absolute atomic E-state index is 0.108. The highest BCUT2D eigenvalue weighted by Crippen LogP contribution is 2.28. The van der Waals surface area contributed by atoms with Crippen LogP contribution in [0.5, 0.6) is 0 Å². The molecule has 5 heteroatoms. The molecule has 1 aromatic heterocycles. The number of carbonyl (C=O) groups excluding carboxylic acids is 1. The molecule has 0 N–H and O–H groups in total. The van der Waals surface area contributed by atoms with Crippen molar-refractivity contribution in [2.75, 3.05) is 20.1 Å². The Bertz CT molecular complexity index is 989. The first-order valence-corrected chi connectivity index (χ1v) is 11.0. The van der Waals surface area contributed by atoms with Crippen LogP contribution in [0.25, 0.3) is 10.2 Å². The summed E-state index contributed by atoms with van der Waals surface area (Å²) in [4.78, 5) is 22.0. The number of amides is 1. The average molecular weight is 392 g/mol. The largest absolute Gasteiger partial charge is 0.337 e. The smallest absolute Gasteiger partial charge is 0.253 e. The number of likely N-dealkylation sites (tertiary alicyclic amines) is 1. The van der Waals surface area contributed by atoms with E-state index in [9.17, 15) is 4.79 Å². The standard InChI is InChI=1S/C23H25N3OS/c1-25(23(27)18-8-9-22-21(13-18)24-15-28-22)19-7-4-10-26(14-19)20-11-16-5-2-3-6-17(16)12-20/h2-3,5-6,8-9,13,15,19-20H,4,7,10-12,14H2,1H3. The van der Waals surface area contributed by atoms with E-state index < -0.39 is 0 Å². The summed E-state index contributed by atoms with van der Waals surface area (Å²) in [5.41, 5.74) is 6.48. The molecule has 28 heavy (non-hydrogen) atoms. The third-order valence-corrected chi connectivity index (χ3v) is 7.23. The van der Waals surface area contributed by atoms with E-state index in [2.05, 4.69) is 34.1 Å². The fraction of sp³-hybridized carbons (Fsp3) is 0.391. The van der Waals surface area contributed by atoms with Gasteiger partial charge in [0.1, 0.15) is 0 Å². The summed E-state index contributed by atoms with van der Waals surface area (Å²) in [6.07, 6.45) is 4.51. The Morgan fingerprint density at radius 2 is 1.96 bits per heavy atom. The van der Waals surface area contributed by atoms with Crippen LogP contribution in [-0.4, -0.2) is 52.9 Å². The Morgan fingerprint density at radius 1 is 1.18 bits per heavy atom. The number of nitrogens with zero attached hydrogens (tertiary/aromatic N) is 3. The molecule has 2 aromatic carbocycles. The maximum Gasteiger partial charge on any atom is 0.253 e. The van der Waals surface area contributed by atoms with E-state index >= 15 is 0 Å². The van der Waals surface area contributed by atoms with Gasteiger partial charge in [-0.25, -0.2) is 4.98 Å². The summed E-state index contributed by atoms with van der Waals surface area (Å²) in [5, 5.41) is 0. The number of piperidine rings is 1. The van der Waals surface area contributed by atoms with Gasteiger partial charge in [0.2, 0.25) is 0 Å². The number of aromatic nitrogens is 1. The molecule has 0 saturated carbocycles. The van der Waals surface area contributed by atoms with Crippen LogP contribution in [-0.2, 0) is 12.8 Å². The van der Waals surface area contributed by atoms with Crippen LogP contribution in [0.3, 0.4) is 0 Å². The predicted molar refractivity (Wildman–Crippen MR) is 114 cm³/mol. The summed E-state index contributed by atoms with van der Waals surface area (Å²) in [6.45, 7) is 2.11. The summed E-state index contributed by atoms with van der Waals surface area (Å²) in [5.74, 6) is 0.108. The second kappa shape index (κ2) is 7.30. The van der Waals surface area contributed by atoms with Crippen molar-refractivity contribution in [3.8, 4) is 0 Å². The van der Waals surface area contributed by atoms with Gasteiger partial charge >= 0.3 is 0 Å². The van der Waals surface area contributed by atoms with Gasteiger partial charge in [0.05, 0.1) is 15.7 Å². The zero-order chi connectivity index (χ0) is 19.1. The predicted octanol–water partition coefficient (Wildman–Crippen LogP) is 4.00. The van der Waals surface area contributed by atoms with Crippen LogP contribution in [0.15, 0.2) is 48.0 Å². The number of rotatable bonds is 3. The Hall–Kier alpha value is -2.24. The van der Waals surface area contributed by atoms with E-state index in [1.807, 2.05) is 35.7 Å². The average Bonchev–Trinajstić information content (AvgIpc) is 3.39. The van der Waals surface area contributed by atoms with Gasteiger partial charge in [-0.05, 0) is 61.6 Å². The van der Waals surface area contributed by atoms with E-state index in [-0.39, 0.29) is 11.9 Å². The third-order valence-electron chi connectivity index (χ3n) is 6.42. The second-order valence-electron chi connectivity index (χ2n) is 8.07. The van der Waals surface area contributed by atoms with E-state index in [1.165, 1.54) is 11.1 Å². The minimum Gasteiger partial charge on any atom is -0.337 e. The number of hydrogen-bond acceptors (Lipinski definition) is 4. The Morgan fingerprint density at radius 3 is 2.75 bits per heavy atom. The zero-order valence-corrected chi connectivity index (χ0v) is 17.0. The van der Waals surface area contributed by atoms with Gasteiger partial charge in [0.25, 0.3) is 5.91 Å². The van der Waals surface area contributed by atoms with E-state index in [1.54, 1.807) is 11.3 Å². The molecule has 0 bridgehead atoms. The SMILES string of the molecule is CN(C(=O)c1ccc2scnc2c1)C1CCCN(C2Cc3ccccc3C2)C1. The van der Waals surface area contributed by atoms with Crippen molar-refractivity contribution in [1.29, 1.82) is 0 Å². The number of hydrogen-bond donors (Lipinski definition) is 0. The molecule has 0 radical (unpaired) electrons. The molecule has 1 fully saturated rings. The van der Waals surface area contributed by atoms with Gasteiger partial charge in [-0.1, -0.05) is 24.3 Å². The van der Waals surface area contributed by atoms with Gasteiger partial charge in [-0.15, -0.1) is 11.3 Å². The van der Waals surface area contributed by atoms with Crippen molar-refractivity contribution in [3.05, 3.63) is 64.7 Å². The molecule has 0 spiro atoms. The lowest BCUT2D eigenvalue weighted by molar-refractivity contribution is 0.0555. The molecule has 2 heterocycles. The number of fused-ring (bicyclic) bond motifs is 2. The third kappa shape index (κ3) is 3.23. The molecule has 1 saturated heterocycles. The summed E-state index contributed by atoms with van der Waals surface area (Å²) in [6, 6.07) is 15.6. The van der Waals surface area contributed by atoms with Gasteiger partial charge in [0.15, 0.2) is 0 Å². The summed E-state index contributed by atoms with van der Waals surface area (Å²) < 4.78 is 1.13. The summed E-state index contributed by atoms with van der Waals surface area (Å²) in [7, 11) is 1.96. The van der Waals surface area contributed by atoms with Gasteiger partial charge in [0, 0.05) is 31.2 Å². The second-order valence-corrected chi connectivity index (χ2v) is 8.96. The van der Waals surface area contributed by atoms with E-state index in [0.29, 0.717) is 6.04 Å². The number of likely N-dealkylation sites (N-methyl/N-ethyl adjacent to an activating group) is 1. The van der Waals surface area contributed by atoms with Gasteiger partial charge in [-0.3, -0.25) is 9.69 Å². The Kier molecular flexibility index (Phi) is 4.65. The molecule has 1 amide bonds. The van der Waals surface area contributed by atoms with Crippen molar-refractivity contribution in [3.63, 3.8) is 0 Å². The maximum atomic E-state index is 13.1. The van der Waals surface area contributed by atoms with Crippen LogP contribution in [0.4, 0.5) is 0 Å². The highest BCUT2D eigenvalue weighted by atomic mass is 32.1. The van der Waals surface area contributed by atoms with Crippen molar-refractivity contribution >= 4 is 27.5 Å². The zero-order valence-electron chi connectivity index (χ0n) is 16.2. The number of benzene rings is 2. The maximum absolute atomic E-state index is 13.1. The molecule has 1 unspecified atom stereocenters. The van der Waals surface area contributed by atoms with Crippen molar-refractivity contribution in [2.45, 2.75) is 37.8 Å². The van der Waals surface area contributed by atoms with E-state index in [0.717, 1.165) is 54.6 Å². The fourth-order valence-corrected chi connectivity index (χ4v) is 5.44. The molecular formula is C23H25N3OS. The lowest BCUT2D eigenvalue weighted by Crippen LogP contribution is -2.51. The normalized spacial score (nSPS) is 20.4. The first-order valence-electron chi connectivity index (χ1n) is 10.1. The number of carbonyl (C=O) groups is 1. The molecule has 2 aliphatic rings. The molecule has 1 atom stereocenters. The van der Waals surface area contributed by atoms with Gasteiger partial charge < -0.3 is 4.90 Å². The molecule has 1 aliphatic carbocycles. The lowest BCUT2D eigenvalue weighted by Gasteiger charge is -2.40. The van der Waals surface area contributed by atoms with Crippen LogP contribution in [0.1, 0.15) is 34.3 Å². The number of thiazole rings is 1. The molecule has 3 aromatic rings. The van der Waals surface area contributed by atoms with Crippen LogP contribution in [0, 0.1) is 0 Å². The highest BCUT2D eigenvalue weighted by molar-refractivity contribution is 7.16. The first kappa shape index (κ1) is 17.8. The van der Waals surface area contributed by atoms with Crippen LogP contribution in [0.2, 0.25) is 0 Å². The summed E-state index contributed by atoms with van der Waals surface area (Å²) >= 11 is 1.61. The van der Waals surface area contributed by atoms with Crippen LogP contribution >= 0.6 is 11.3 Å². The van der Waals surface area contributed by atoms with E-state index in [4.69, 9.17) is 0 Å². The first-order chi connectivity index (χ1) is 13.7. The highest BCUT2D eigenvalue weighted by Gasteiger charge is 2.33. The molecule has 5 rings (SSSR count).